The Balaban J connectivity index is 2.62. The van der Waals surface area contributed by atoms with Crippen molar-refractivity contribution < 1.29 is 14.7 Å². The van der Waals surface area contributed by atoms with Crippen LogP contribution in [-0.2, 0) is 0 Å². The van der Waals surface area contributed by atoms with Gasteiger partial charge in [0.25, 0.3) is 11.8 Å². The highest BCUT2D eigenvalue weighted by Gasteiger charge is 2.13. The molecule has 3 N–H and O–H groups in total. The lowest BCUT2D eigenvalue weighted by Crippen LogP contribution is -2.32. The van der Waals surface area contributed by atoms with Crippen molar-refractivity contribution in [1.29, 1.82) is 0 Å². The molecule has 0 bridgehead atoms. The first-order valence-corrected chi connectivity index (χ1v) is 6.61. The molecule has 0 aromatic heterocycles. The topological polar surface area (TPSA) is 78.4 Å². The third-order valence-electron chi connectivity index (χ3n) is 2.59. The summed E-state index contributed by atoms with van der Waals surface area (Å²) < 4.78 is 0. The molecule has 5 nitrogen and oxygen atoms in total. The number of hydrogen-bond donors (Lipinski definition) is 3. The normalized spacial score (nSPS) is 11.0. The van der Waals surface area contributed by atoms with Gasteiger partial charge in [-0.2, -0.15) is 0 Å². The summed E-state index contributed by atoms with van der Waals surface area (Å²) in [5.41, 5.74) is 1.01. The van der Waals surface area contributed by atoms with Crippen LogP contribution in [0.3, 0.4) is 0 Å². The number of aliphatic hydroxyl groups is 1. The van der Waals surface area contributed by atoms with Crippen molar-refractivity contribution in [3.05, 3.63) is 35.4 Å². The SMILES string of the molecule is CC(C)(C)CNC(=O)c1ccc(C(=O)NCCO)cc1. The first-order chi connectivity index (χ1) is 9.33. The van der Waals surface area contributed by atoms with Gasteiger partial charge in [-0.15, -0.1) is 0 Å². The zero-order valence-electron chi connectivity index (χ0n) is 12.2. The Bertz CT molecular complexity index is 461. The van der Waals surface area contributed by atoms with Crippen molar-refractivity contribution in [3.8, 4) is 0 Å². The highest BCUT2D eigenvalue weighted by atomic mass is 16.3. The highest BCUT2D eigenvalue weighted by Crippen LogP contribution is 2.11. The smallest absolute Gasteiger partial charge is 0.251 e. The predicted molar refractivity (Wildman–Crippen MR) is 77.6 cm³/mol. The summed E-state index contributed by atoms with van der Waals surface area (Å²) in [7, 11) is 0. The van der Waals surface area contributed by atoms with Crippen molar-refractivity contribution >= 4 is 11.8 Å². The van der Waals surface area contributed by atoms with E-state index >= 15 is 0 Å². The van der Waals surface area contributed by atoms with Crippen LogP contribution in [0.4, 0.5) is 0 Å². The summed E-state index contributed by atoms with van der Waals surface area (Å²) in [4.78, 5) is 23.5. The van der Waals surface area contributed by atoms with Gasteiger partial charge < -0.3 is 15.7 Å². The lowest BCUT2D eigenvalue weighted by molar-refractivity contribution is 0.0930. The third kappa shape index (κ3) is 5.40. The van der Waals surface area contributed by atoms with Crippen molar-refractivity contribution in [2.45, 2.75) is 20.8 Å². The Hall–Kier alpha value is -1.88. The van der Waals surface area contributed by atoms with E-state index in [1.54, 1.807) is 24.3 Å². The van der Waals surface area contributed by atoms with Crippen LogP contribution >= 0.6 is 0 Å². The Kier molecular flexibility index (Phi) is 5.70. The molecule has 110 valence electrons. The lowest BCUT2D eigenvalue weighted by Gasteiger charge is -2.18. The molecule has 0 heterocycles. The Morgan fingerprint density at radius 2 is 1.45 bits per heavy atom. The summed E-state index contributed by atoms with van der Waals surface area (Å²) in [6.07, 6.45) is 0. The number of carbonyl (C=O) groups is 2. The zero-order valence-corrected chi connectivity index (χ0v) is 12.2. The summed E-state index contributed by atoms with van der Waals surface area (Å²) in [5.74, 6) is -0.414. The minimum absolute atomic E-state index is 0.0276. The van der Waals surface area contributed by atoms with E-state index in [-0.39, 0.29) is 30.4 Å². The Morgan fingerprint density at radius 3 is 1.85 bits per heavy atom. The van der Waals surface area contributed by atoms with Gasteiger partial charge in [0.2, 0.25) is 0 Å². The van der Waals surface area contributed by atoms with Crippen LogP contribution in [0.15, 0.2) is 24.3 Å². The molecule has 5 heteroatoms. The van der Waals surface area contributed by atoms with Gasteiger partial charge in [-0.1, -0.05) is 20.8 Å². The van der Waals surface area contributed by atoms with E-state index in [9.17, 15) is 9.59 Å². The largest absolute Gasteiger partial charge is 0.395 e. The van der Waals surface area contributed by atoms with Gasteiger partial charge in [-0.25, -0.2) is 0 Å². The first-order valence-electron chi connectivity index (χ1n) is 6.61. The fourth-order valence-corrected chi connectivity index (χ4v) is 1.49. The van der Waals surface area contributed by atoms with Crippen molar-refractivity contribution in [2.24, 2.45) is 5.41 Å². The fraction of sp³-hybridized carbons (Fsp3) is 0.467. The van der Waals surface area contributed by atoms with Gasteiger partial charge >= 0.3 is 0 Å². The van der Waals surface area contributed by atoms with Gasteiger partial charge in [0.05, 0.1) is 6.61 Å². The fourth-order valence-electron chi connectivity index (χ4n) is 1.49. The molecule has 0 aliphatic carbocycles. The van der Waals surface area contributed by atoms with E-state index < -0.39 is 0 Å². The average Bonchev–Trinajstić information content (AvgIpc) is 2.41. The van der Waals surface area contributed by atoms with E-state index in [0.29, 0.717) is 17.7 Å². The van der Waals surface area contributed by atoms with Gasteiger partial charge in [0.15, 0.2) is 0 Å². The summed E-state index contributed by atoms with van der Waals surface area (Å²) in [6.45, 7) is 6.84. The number of benzene rings is 1. The van der Waals surface area contributed by atoms with E-state index in [2.05, 4.69) is 10.6 Å². The van der Waals surface area contributed by atoms with Crippen molar-refractivity contribution in [2.75, 3.05) is 19.7 Å². The van der Waals surface area contributed by atoms with Crippen LogP contribution in [0.2, 0.25) is 0 Å². The number of carbonyl (C=O) groups excluding carboxylic acids is 2. The summed E-state index contributed by atoms with van der Waals surface area (Å²) >= 11 is 0. The standard InChI is InChI=1S/C15H22N2O3/c1-15(2,3)10-17-14(20)12-6-4-11(5-7-12)13(19)16-8-9-18/h4-7,18H,8-10H2,1-3H3,(H,16,19)(H,17,20). The molecule has 0 saturated heterocycles. The highest BCUT2D eigenvalue weighted by molar-refractivity contribution is 5.97. The molecular formula is C15H22N2O3. The molecule has 0 aliphatic heterocycles. The van der Waals surface area contributed by atoms with E-state index in [1.165, 1.54) is 0 Å². The van der Waals surface area contributed by atoms with Crippen LogP contribution in [0.25, 0.3) is 0 Å². The molecule has 0 fully saturated rings. The molecule has 1 rings (SSSR count). The maximum Gasteiger partial charge on any atom is 0.251 e. The number of nitrogens with one attached hydrogen (secondary N) is 2. The number of hydrogen-bond acceptors (Lipinski definition) is 3. The minimum atomic E-state index is -0.263. The predicted octanol–water partition coefficient (Wildman–Crippen LogP) is 1.18. The molecular weight excluding hydrogens is 256 g/mol. The van der Waals surface area contributed by atoms with E-state index in [4.69, 9.17) is 5.11 Å². The Morgan fingerprint density at radius 1 is 1.00 bits per heavy atom. The van der Waals surface area contributed by atoms with Crippen molar-refractivity contribution in [3.63, 3.8) is 0 Å². The van der Waals surface area contributed by atoms with Gasteiger partial charge in [0, 0.05) is 24.2 Å². The number of aliphatic hydroxyl groups excluding tert-OH is 1. The molecule has 20 heavy (non-hydrogen) atoms. The Labute approximate surface area is 119 Å². The molecule has 0 unspecified atom stereocenters. The van der Waals surface area contributed by atoms with Gasteiger partial charge in [-0.05, 0) is 29.7 Å². The lowest BCUT2D eigenvalue weighted by atomic mass is 9.97. The average molecular weight is 278 g/mol. The zero-order chi connectivity index (χ0) is 15.2. The van der Waals surface area contributed by atoms with Crippen LogP contribution in [-0.4, -0.2) is 36.6 Å². The van der Waals surface area contributed by atoms with E-state index in [0.717, 1.165) is 0 Å². The molecule has 0 spiro atoms. The maximum absolute atomic E-state index is 11.9. The van der Waals surface area contributed by atoms with Gasteiger partial charge in [-0.3, -0.25) is 9.59 Å². The molecule has 0 atom stereocenters. The molecule has 0 radical (unpaired) electrons. The summed E-state index contributed by atoms with van der Waals surface area (Å²) in [6, 6.07) is 6.43. The monoisotopic (exact) mass is 278 g/mol. The second kappa shape index (κ2) is 7.05. The van der Waals surface area contributed by atoms with Crippen molar-refractivity contribution in [1.82, 2.24) is 10.6 Å². The van der Waals surface area contributed by atoms with Gasteiger partial charge in [0.1, 0.15) is 0 Å². The third-order valence-corrected chi connectivity index (χ3v) is 2.59. The second-order valence-corrected chi connectivity index (χ2v) is 5.80. The second-order valence-electron chi connectivity index (χ2n) is 5.80. The molecule has 0 saturated carbocycles. The first kappa shape index (κ1) is 16.2. The van der Waals surface area contributed by atoms with Crippen LogP contribution in [0.5, 0.6) is 0 Å². The molecule has 1 aromatic rings. The van der Waals surface area contributed by atoms with E-state index in [1.807, 2.05) is 20.8 Å². The summed E-state index contributed by atoms with van der Waals surface area (Å²) in [5, 5.41) is 14.0. The quantitative estimate of drug-likeness (QED) is 0.757. The van der Waals surface area contributed by atoms with Crippen LogP contribution in [0, 0.1) is 5.41 Å². The maximum atomic E-state index is 11.9. The molecule has 2 amide bonds. The minimum Gasteiger partial charge on any atom is -0.395 e. The molecule has 0 aliphatic rings. The van der Waals surface area contributed by atoms with Crippen LogP contribution in [0.1, 0.15) is 41.5 Å². The molecule has 1 aromatic carbocycles. The number of rotatable bonds is 5. The number of amides is 2. The van der Waals surface area contributed by atoms with Crippen LogP contribution < -0.4 is 10.6 Å².